The van der Waals surface area contributed by atoms with Crippen LogP contribution in [0.5, 0.6) is 0 Å². The van der Waals surface area contributed by atoms with Crippen molar-refractivity contribution in [2.75, 3.05) is 5.32 Å². The van der Waals surface area contributed by atoms with Crippen molar-refractivity contribution < 1.29 is 9.21 Å². The Bertz CT molecular complexity index is 496. The molecule has 1 aromatic rings. The number of rotatable bonds is 2. The number of carbonyl (C=O) groups is 1. The lowest BCUT2D eigenvalue weighted by molar-refractivity contribution is -0.120. The van der Waals surface area contributed by atoms with Crippen molar-refractivity contribution in [3.63, 3.8) is 0 Å². The van der Waals surface area contributed by atoms with E-state index in [0.29, 0.717) is 11.9 Å². The molecule has 1 aliphatic rings. The molecule has 0 saturated carbocycles. The van der Waals surface area contributed by atoms with E-state index in [2.05, 4.69) is 41.6 Å². The highest BCUT2D eigenvalue weighted by Gasteiger charge is 2.39. The molecule has 1 aliphatic heterocycles. The standard InChI is InChI=1S/C14H24N4O2/c1-13(2,3)9-7-8(10(19)16-9)15-12-18-17-11(20-12)14(4,5)6/h8-9H,7H2,1-6H3,(H,15,18)(H,16,19)/t8-,9-/m0/s1. The molecule has 112 valence electrons. The summed E-state index contributed by atoms with van der Waals surface area (Å²) >= 11 is 0. The van der Waals surface area contributed by atoms with Crippen LogP contribution in [0, 0.1) is 5.41 Å². The molecule has 0 radical (unpaired) electrons. The molecule has 0 aliphatic carbocycles. The van der Waals surface area contributed by atoms with Gasteiger partial charge in [0.1, 0.15) is 6.04 Å². The minimum absolute atomic E-state index is 0.0135. The number of hydrogen-bond acceptors (Lipinski definition) is 5. The lowest BCUT2D eigenvalue weighted by atomic mass is 9.85. The number of hydrogen-bond donors (Lipinski definition) is 2. The Labute approximate surface area is 119 Å². The van der Waals surface area contributed by atoms with Crippen LogP contribution in [0.4, 0.5) is 6.01 Å². The quantitative estimate of drug-likeness (QED) is 0.867. The van der Waals surface area contributed by atoms with Gasteiger partial charge in [0.2, 0.25) is 11.8 Å². The average Bonchev–Trinajstić information content (AvgIpc) is 2.85. The van der Waals surface area contributed by atoms with Gasteiger partial charge in [0, 0.05) is 11.5 Å². The Morgan fingerprint density at radius 3 is 2.30 bits per heavy atom. The average molecular weight is 280 g/mol. The maximum absolute atomic E-state index is 12.0. The third-order valence-corrected chi connectivity index (χ3v) is 3.51. The first-order valence-corrected chi connectivity index (χ1v) is 6.98. The highest BCUT2D eigenvalue weighted by atomic mass is 16.4. The Morgan fingerprint density at radius 2 is 1.85 bits per heavy atom. The van der Waals surface area contributed by atoms with E-state index in [1.807, 2.05) is 20.8 Å². The second kappa shape index (κ2) is 4.75. The van der Waals surface area contributed by atoms with Gasteiger partial charge in [0.25, 0.3) is 0 Å². The number of nitrogens with zero attached hydrogens (tertiary/aromatic N) is 2. The smallest absolute Gasteiger partial charge is 0.316 e. The van der Waals surface area contributed by atoms with Gasteiger partial charge in [-0.05, 0) is 11.8 Å². The molecule has 2 rings (SSSR count). The van der Waals surface area contributed by atoms with Crippen molar-refractivity contribution in [3.05, 3.63) is 5.89 Å². The third kappa shape index (κ3) is 3.11. The minimum atomic E-state index is -0.313. The lowest BCUT2D eigenvalue weighted by Gasteiger charge is -2.26. The van der Waals surface area contributed by atoms with Crippen LogP contribution in [0.2, 0.25) is 0 Å². The maximum atomic E-state index is 12.0. The van der Waals surface area contributed by atoms with E-state index in [1.54, 1.807) is 0 Å². The fraction of sp³-hybridized carbons (Fsp3) is 0.786. The molecule has 1 fully saturated rings. The van der Waals surface area contributed by atoms with Gasteiger partial charge in [-0.15, -0.1) is 5.10 Å². The molecule has 1 amide bonds. The topological polar surface area (TPSA) is 80.0 Å². The van der Waals surface area contributed by atoms with E-state index >= 15 is 0 Å². The maximum Gasteiger partial charge on any atom is 0.316 e. The fourth-order valence-electron chi connectivity index (χ4n) is 2.10. The van der Waals surface area contributed by atoms with Crippen LogP contribution in [0.3, 0.4) is 0 Å². The summed E-state index contributed by atoms with van der Waals surface area (Å²) in [5.74, 6) is 0.547. The SMILES string of the molecule is CC(C)(C)c1nnc(N[C@H]2C[C@@H](C(C)(C)C)NC2=O)o1. The first kappa shape index (κ1) is 14.8. The van der Waals surface area contributed by atoms with Crippen molar-refractivity contribution in [2.24, 2.45) is 5.41 Å². The molecule has 2 N–H and O–H groups in total. The second-order valence-electron chi connectivity index (χ2n) is 7.52. The van der Waals surface area contributed by atoms with Gasteiger partial charge in [-0.1, -0.05) is 46.6 Å². The second-order valence-corrected chi connectivity index (χ2v) is 7.52. The molecule has 0 spiro atoms. The molecule has 0 bridgehead atoms. The summed E-state index contributed by atoms with van der Waals surface area (Å²) in [6.45, 7) is 12.4. The van der Waals surface area contributed by atoms with Gasteiger partial charge in [-0.25, -0.2) is 0 Å². The highest BCUT2D eigenvalue weighted by molar-refractivity contribution is 5.86. The van der Waals surface area contributed by atoms with E-state index in [4.69, 9.17) is 4.42 Å². The number of aromatic nitrogens is 2. The van der Waals surface area contributed by atoms with Crippen LogP contribution >= 0.6 is 0 Å². The number of amides is 1. The molecular formula is C14H24N4O2. The van der Waals surface area contributed by atoms with Gasteiger partial charge < -0.3 is 15.1 Å². The van der Waals surface area contributed by atoms with E-state index in [0.717, 1.165) is 6.42 Å². The largest absolute Gasteiger partial charge is 0.408 e. The zero-order valence-electron chi connectivity index (χ0n) is 13.1. The summed E-state index contributed by atoms with van der Waals surface area (Å²) in [6.07, 6.45) is 0.718. The van der Waals surface area contributed by atoms with Crippen LogP contribution in [0.1, 0.15) is 53.9 Å². The first-order valence-electron chi connectivity index (χ1n) is 6.98. The summed E-state index contributed by atoms with van der Waals surface area (Å²) < 4.78 is 5.57. The normalized spacial score (nSPS) is 23.8. The van der Waals surface area contributed by atoms with E-state index in [1.165, 1.54) is 0 Å². The van der Waals surface area contributed by atoms with Gasteiger partial charge in [-0.2, -0.15) is 0 Å². The number of carbonyl (C=O) groups excluding carboxylic acids is 1. The van der Waals surface area contributed by atoms with Crippen LogP contribution in [-0.4, -0.2) is 28.2 Å². The lowest BCUT2D eigenvalue weighted by Crippen LogP contribution is -2.37. The molecular weight excluding hydrogens is 256 g/mol. The molecule has 1 saturated heterocycles. The molecule has 6 nitrogen and oxygen atoms in total. The predicted octanol–water partition coefficient (Wildman–Crippen LogP) is 2.08. The van der Waals surface area contributed by atoms with Crippen molar-refractivity contribution >= 4 is 11.9 Å². The van der Waals surface area contributed by atoms with E-state index in [9.17, 15) is 4.79 Å². The molecule has 0 aromatic carbocycles. The monoisotopic (exact) mass is 280 g/mol. The van der Waals surface area contributed by atoms with Crippen molar-refractivity contribution in [2.45, 2.75) is 65.5 Å². The fourth-order valence-corrected chi connectivity index (χ4v) is 2.10. The first-order chi connectivity index (χ1) is 9.07. The summed E-state index contributed by atoms with van der Waals surface area (Å²) in [5.41, 5.74) is -0.156. The van der Waals surface area contributed by atoms with Crippen LogP contribution in [-0.2, 0) is 10.2 Å². The van der Waals surface area contributed by atoms with E-state index < -0.39 is 0 Å². The molecule has 1 aromatic heterocycles. The Hall–Kier alpha value is -1.59. The zero-order valence-corrected chi connectivity index (χ0v) is 13.1. The van der Waals surface area contributed by atoms with Gasteiger partial charge in [-0.3, -0.25) is 4.79 Å². The van der Waals surface area contributed by atoms with Gasteiger partial charge >= 0.3 is 6.01 Å². The van der Waals surface area contributed by atoms with Crippen molar-refractivity contribution in [3.8, 4) is 0 Å². The molecule has 6 heteroatoms. The van der Waals surface area contributed by atoms with E-state index in [-0.39, 0.29) is 28.8 Å². The minimum Gasteiger partial charge on any atom is -0.408 e. The molecule has 20 heavy (non-hydrogen) atoms. The Balaban J connectivity index is 2.04. The molecule has 2 atom stereocenters. The molecule has 2 heterocycles. The summed E-state index contributed by atoms with van der Waals surface area (Å²) in [7, 11) is 0. The van der Waals surface area contributed by atoms with Crippen LogP contribution in [0.15, 0.2) is 4.42 Å². The Morgan fingerprint density at radius 1 is 1.20 bits per heavy atom. The van der Waals surface area contributed by atoms with Gasteiger partial charge in [0.05, 0.1) is 0 Å². The molecule has 0 unspecified atom stereocenters. The van der Waals surface area contributed by atoms with Gasteiger partial charge in [0.15, 0.2) is 0 Å². The summed E-state index contributed by atoms with van der Waals surface area (Å²) in [4.78, 5) is 12.0. The summed E-state index contributed by atoms with van der Waals surface area (Å²) in [5, 5.41) is 14.0. The predicted molar refractivity (Wildman–Crippen MR) is 76.4 cm³/mol. The Kier molecular flexibility index (Phi) is 3.52. The highest BCUT2D eigenvalue weighted by Crippen LogP contribution is 2.28. The number of anilines is 1. The summed E-state index contributed by atoms with van der Waals surface area (Å²) in [6, 6.07) is 0.148. The zero-order chi connectivity index (χ0) is 15.1. The van der Waals surface area contributed by atoms with Crippen LogP contribution < -0.4 is 10.6 Å². The van der Waals surface area contributed by atoms with Crippen molar-refractivity contribution in [1.82, 2.24) is 15.5 Å². The number of nitrogens with one attached hydrogen (secondary N) is 2. The van der Waals surface area contributed by atoms with Crippen LogP contribution in [0.25, 0.3) is 0 Å². The van der Waals surface area contributed by atoms with Crippen molar-refractivity contribution in [1.29, 1.82) is 0 Å². The third-order valence-electron chi connectivity index (χ3n) is 3.51.